The minimum atomic E-state index is -3.21. The molecule has 0 aliphatic rings. The van der Waals surface area contributed by atoms with E-state index in [2.05, 4.69) is 0 Å². The van der Waals surface area contributed by atoms with Crippen molar-refractivity contribution < 1.29 is 8.42 Å². The van der Waals surface area contributed by atoms with Crippen molar-refractivity contribution in [3.8, 4) is 0 Å². The van der Waals surface area contributed by atoms with Gasteiger partial charge in [0.05, 0.1) is 0 Å². The molecule has 0 unspecified atom stereocenters. The van der Waals surface area contributed by atoms with E-state index < -0.39 is 9.84 Å². The molecule has 4 heteroatoms. The van der Waals surface area contributed by atoms with Gasteiger partial charge in [-0.25, -0.2) is 8.42 Å². The Labute approximate surface area is 73.2 Å². The minimum absolute atomic E-state index is 0.0787. The van der Waals surface area contributed by atoms with Crippen molar-refractivity contribution in [3.63, 3.8) is 0 Å². The second-order valence-corrected chi connectivity index (χ2v) is 6.20. The Hall–Kier alpha value is -0.0200. The Kier molecular flexibility index (Phi) is 3.15. The van der Waals surface area contributed by atoms with Gasteiger partial charge < -0.3 is 0 Å². The van der Waals surface area contributed by atoms with E-state index in [0.717, 1.165) is 6.26 Å². The molecular weight excluding hydrogens is 184 g/mol. The van der Waals surface area contributed by atoms with Crippen LogP contribution in [0.5, 0.6) is 0 Å². The van der Waals surface area contributed by atoms with Crippen LogP contribution >= 0.6 is 11.6 Å². The normalized spacial score (nSPS) is 15.2. The first-order chi connectivity index (χ1) is 4.63. The van der Waals surface area contributed by atoms with Gasteiger partial charge in [-0.3, -0.25) is 0 Å². The summed E-state index contributed by atoms with van der Waals surface area (Å²) in [6.45, 7) is 5.67. The molecule has 0 rings (SSSR count). The number of halogens is 1. The maximum atomic E-state index is 10.8. The van der Waals surface area contributed by atoms with Crippen molar-refractivity contribution in [3.05, 3.63) is 10.4 Å². The quantitative estimate of drug-likeness (QED) is 0.644. The predicted octanol–water partition coefficient (Wildman–Crippen LogP) is 2.16. The summed E-state index contributed by atoms with van der Waals surface area (Å²) in [4.78, 5) is 0. The first kappa shape index (κ1) is 11.0. The number of sulfone groups is 1. The number of hydrogen-bond donors (Lipinski definition) is 0. The standard InChI is InChI=1S/C7H13ClO2S/c1-7(2,3)5-6(8)11(4,9)10/h5H,1-4H3. The Bertz CT molecular complexity index is 257. The van der Waals surface area contributed by atoms with Gasteiger partial charge in [-0.05, 0) is 11.5 Å². The summed E-state index contributed by atoms with van der Waals surface area (Å²) >= 11 is 5.51. The highest BCUT2D eigenvalue weighted by Gasteiger charge is 2.13. The van der Waals surface area contributed by atoms with Gasteiger partial charge in [0.15, 0.2) is 9.84 Å². The lowest BCUT2D eigenvalue weighted by atomic mass is 9.98. The van der Waals surface area contributed by atoms with Gasteiger partial charge in [-0.15, -0.1) is 0 Å². The fraction of sp³-hybridized carbons (Fsp3) is 0.714. The molecule has 0 N–H and O–H groups in total. The van der Waals surface area contributed by atoms with Gasteiger partial charge in [0.2, 0.25) is 0 Å². The second kappa shape index (κ2) is 3.15. The lowest BCUT2D eigenvalue weighted by molar-refractivity contribution is 0.542. The van der Waals surface area contributed by atoms with E-state index in [4.69, 9.17) is 11.6 Å². The number of rotatable bonds is 1. The molecule has 0 aliphatic heterocycles. The molecular formula is C7H13ClO2S. The largest absolute Gasteiger partial charge is 0.223 e. The Morgan fingerprint density at radius 3 is 1.82 bits per heavy atom. The second-order valence-electron chi connectivity index (χ2n) is 3.59. The lowest BCUT2D eigenvalue weighted by Crippen LogP contribution is -2.04. The van der Waals surface area contributed by atoms with Crippen LogP contribution < -0.4 is 0 Å². The molecule has 0 fully saturated rings. The molecule has 0 spiro atoms. The molecule has 0 atom stereocenters. The zero-order valence-electron chi connectivity index (χ0n) is 7.18. The summed E-state index contributed by atoms with van der Waals surface area (Å²) < 4.78 is 21.5. The van der Waals surface area contributed by atoms with Crippen molar-refractivity contribution in [1.82, 2.24) is 0 Å². The van der Waals surface area contributed by atoms with Crippen LogP contribution in [0, 0.1) is 5.41 Å². The Balaban J connectivity index is 4.78. The number of hydrogen-bond acceptors (Lipinski definition) is 2. The van der Waals surface area contributed by atoms with E-state index >= 15 is 0 Å². The molecule has 0 aromatic rings. The predicted molar refractivity (Wildman–Crippen MR) is 48.2 cm³/mol. The van der Waals surface area contributed by atoms with E-state index in [1.807, 2.05) is 20.8 Å². The molecule has 11 heavy (non-hydrogen) atoms. The highest BCUT2D eigenvalue weighted by atomic mass is 35.5. The van der Waals surface area contributed by atoms with Crippen molar-refractivity contribution >= 4 is 21.4 Å². The van der Waals surface area contributed by atoms with Gasteiger partial charge in [-0.2, -0.15) is 0 Å². The van der Waals surface area contributed by atoms with Crippen molar-refractivity contribution in [2.75, 3.05) is 6.26 Å². The first-order valence-corrected chi connectivity index (χ1v) is 5.48. The Morgan fingerprint density at radius 1 is 1.36 bits per heavy atom. The van der Waals surface area contributed by atoms with E-state index in [1.165, 1.54) is 6.08 Å². The maximum absolute atomic E-state index is 10.8. The summed E-state index contributed by atoms with van der Waals surface area (Å²) in [5.74, 6) is 0. The molecule has 0 saturated carbocycles. The molecule has 0 heterocycles. The van der Waals surface area contributed by atoms with Crippen molar-refractivity contribution in [2.24, 2.45) is 5.41 Å². The summed E-state index contributed by atoms with van der Waals surface area (Å²) in [7, 11) is -3.21. The smallest absolute Gasteiger partial charge is 0.185 e. The van der Waals surface area contributed by atoms with Gasteiger partial charge >= 0.3 is 0 Å². The molecule has 0 aliphatic carbocycles. The SMILES string of the molecule is CC(C)(C)C=C(Cl)S(C)(=O)=O. The Morgan fingerprint density at radius 2 is 1.73 bits per heavy atom. The molecule has 0 aromatic heterocycles. The zero-order chi connectivity index (χ0) is 9.28. The van der Waals surface area contributed by atoms with Gasteiger partial charge in [0.25, 0.3) is 0 Å². The summed E-state index contributed by atoms with van der Waals surface area (Å²) in [6.07, 6.45) is 2.63. The van der Waals surface area contributed by atoms with E-state index in [0.29, 0.717) is 0 Å². The third-order valence-electron chi connectivity index (χ3n) is 0.901. The molecule has 0 aromatic carbocycles. The van der Waals surface area contributed by atoms with E-state index in [9.17, 15) is 8.42 Å². The lowest BCUT2D eigenvalue weighted by Gasteiger charge is -2.11. The summed E-state index contributed by atoms with van der Waals surface area (Å²) in [6, 6.07) is 0. The third kappa shape index (κ3) is 5.27. The molecule has 0 amide bonds. The monoisotopic (exact) mass is 196 g/mol. The van der Waals surface area contributed by atoms with Crippen molar-refractivity contribution in [1.29, 1.82) is 0 Å². The van der Waals surface area contributed by atoms with E-state index in [-0.39, 0.29) is 9.78 Å². The minimum Gasteiger partial charge on any atom is -0.223 e. The van der Waals surface area contributed by atoms with E-state index in [1.54, 1.807) is 0 Å². The first-order valence-electron chi connectivity index (χ1n) is 3.21. The molecule has 66 valence electrons. The van der Waals surface area contributed by atoms with Crippen LogP contribution in [-0.4, -0.2) is 14.7 Å². The zero-order valence-corrected chi connectivity index (χ0v) is 8.75. The highest BCUT2D eigenvalue weighted by molar-refractivity contribution is 7.96. The van der Waals surface area contributed by atoms with Crippen LogP contribution in [0.15, 0.2) is 10.4 Å². The van der Waals surface area contributed by atoms with Crippen LogP contribution in [0.4, 0.5) is 0 Å². The van der Waals surface area contributed by atoms with Gasteiger partial charge in [-0.1, -0.05) is 32.4 Å². The molecule has 2 nitrogen and oxygen atoms in total. The average Bonchev–Trinajstić information content (AvgIpc) is 1.56. The van der Waals surface area contributed by atoms with Crippen LogP contribution in [-0.2, 0) is 9.84 Å². The molecule has 0 saturated heterocycles. The van der Waals surface area contributed by atoms with Crippen molar-refractivity contribution in [2.45, 2.75) is 20.8 Å². The van der Waals surface area contributed by atoms with Crippen LogP contribution in [0.25, 0.3) is 0 Å². The highest BCUT2D eigenvalue weighted by Crippen LogP contribution is 2.21. The summed E-state index contributed by atoms with van der Waals surface area (Å²) in [5, 5.41) is 0. The molecule has 0 bridgehead atoms. The third-order valence-corrected chi connectivity index (χ3v) is 2.68. The topological polar surface area (TPSA) is 34.1 Å². The van der Waals surface area contributed by atoms with Gasteiger partial charge in [0.1, 0.15) is 4.36 Å². The van der Waals surface area contributed by atoms with Gasteiger partial charge in [0, 0.05) is 6.26 Å². The fourth-order valence-corrected chi connectivity index (χ4v) is 1.34. The maximum Gasteiger partial charge on any atom is 0.185 e. The molecule has 0 radical (unpaired) electrons. The average molecular weight is 197 g/mol. The summed E-state index contributed by atoms with van der Waals surface area (Å²) in [5.41, 5.74) is -0.194. The number of allylic oxidation sites excluding steroid dienone is 1. The van der Waals surface area contributed by atoms with Crippen LogP contribution in [0.1, 0.15) is 20.8 Å². The fourth-order valence-electron chi connectivity index (χ4n) is 0.447. The van der Waals surface area contributed by atoms with Crippen LogP contribution in [0.3, 0.4) is 0 Å². The van der Waals surface area contributed by atoms with Crippen LogP contribution in [0.2, 0.25) is 0 Å².